The van der Waals surface area contributed by atoms with Gasteiger partial charge in [0, 0.05) is 46.1 Å². The van der Waals surface area contributed by atoms with Crippen molar-refractivity contribution < 1.29 is 23.5 Å². The van der Waals surface area contributed by atoms with Gasteiger partial charge in [0.2, 0.25) is 5.89 Å². The van der Waals surface area contributed by atoms with Gasteiger partial charge >= 0.3 is 6.03 Å². The van der Waals surface area contributed by atoms with Gasteiger partial charge in [-0.3, -0.25) is 4.79 Å². The number of methoxy groups -OCH3 is 2. The normalized spacial score (nSPS) is 11.3. The molecule has 9 heteroatoms. The second-order valence-electron chi connectivity index (χ2n) is 7.18. The summed E-state index contributed by atoms with van der Waals surface area (Å²) in [5, 5.41) is 5.67. The summed E-state index contributed by atoms with van der Waals surface area (Å²) in [4.78, 5) is 30.4. The molecule has 0 aliphatic carbocycles. The van der Waals surface area contributed by atoms with Gasteiger partial charge in [-0.15, -0.1) is 0 Å². The minimum Gasteiger partial charge on any atom is -0.446 e. The van der Waals surface area contributed by atoms with Crippen molar-refractivity contribution in [2.45, 2.75) is 45.7 Å². The van der Waals surface area contributed by atoms with Crippen molar-refractivity contribution in [1.82, 2.24) is 20.5 Å². The summed E-state index contributed by atoms with van der Waals surface area (Å²) in [5.74, 6) is -0.00954. The zero-order chi connectivity index (χ0) is 20.3. The number of aromatic nitrogens is 1. The van der Waals surface area contributed by atoms with Gasteiger partial charge in [-0.1, -0.05) is 0 Å². The summed E-state index contributed by atoms with van der Waals surface area (Å²) in [6.07, 6.45) is 2.70. The van der Waals surface area contributed by atoms with Gasteiger partial charge in [0.25, 0.3) is 5.91 Å². The molecule has 27 heavy (non-hydrogen) atoms. The maximum atomic E-state index is 12.5. The predicted octanol–water partition coefficient (Wildman–Crippen LogP) is 1.79. The van der Waals surface area contributed by atoms with Crippen LogP contribution in [0.5, 0.6) is 0 Å². The number of oxazole rings is 1. The lowest BCUT2D eigenvalue weighted by Gasteiger charge is -2.27. The number of carbonyl (C=O) groups is 2. The standard InChI is InChI=1S/C18H32N4O5/c1-18(2,3)21-17(24)22(9-7-11-26-5)12-15-20-14(13-27-15)16(23)19-8-6-10-25-4/h13H,6-12H2,1-5H3,(H,19,23)(H,21,24). The van der Waals surface area contributed by atoms with E-state index in [1.807, 2.05) is 20.8 Å². The first-order chi connectivity index (χ1) is 12.8. The minimum atomic E-state index is -0.361. The van der Waals surface area contributed by atoms with Gasteiger partial charge in [0.05, 0.1) is 6.54 Å². The van der Waals surface area contributed by atoms with E-state index in [1.165, 1.54) is 6.26 Å². The Labute approximate surface area is 160 Å². The molecule has 1 rings (SSSR count). The molecule has 0 fully saturated rings. The molecule has 0 atom stereocenters. The first-order valence-electron chi connectivity index (χ1n) is 9.04. The van der Waals surface area contributed by atoms with Crippen molar-refractivity contribution in [1.29, 1.82) is 0 Å². The lowest BCUT2D eigenvalue weighted by molar-refractivity contribution is 0.0943. The second kappa shape index (κ2) is 11.6. The van der Waals surface area contributed by atoms with Crippen LogP contribution in [0.3, 0.4) is 0 Å². The molecule has 0 saturated carbocycles. The van der Waals surface area contributed by atoms with E-state index in [-0.39, 0.29) is 29.7 Å². The smallest absolute Gasteiger partial charge is 0.318 e. The third kappa shape index (κ3) is 9.39. The highest BCUT2D eigenvalue weighted by molar-refractivity contribution is 5.91. The van der Waals surface area contributed by atoms with E-state index in [9.17, 15) is 9.59 Å². The summed E-state index contributed by atoms with van der Waals surface area (Å²) in [7, 11) is 3.23. The summed E-state index contributed by atoms with van der Waals surface area (Å²) in [6.45, 7) is 8.00. The molecule has 1 heterocycles. The van der Waals surface area contributed by atoms with E-state index in [4.69, 9.17) is 13.9 Å². The Balaban J connectivity index is 2.67. The van der Waals surface area contributed by atoms with E-state index in [0.717, 1.165) is 0 Å². The number of amides is 3. The summed E-state index contributed by atoms with van der Waals surface area (Å²) >= 11 is 0. The molecule has 9 nitrogen and oxygen atoms in total. The van der Waals surface area contributed by atoms with Crippen LogP contribution in [0.2, 0.25) is 0 Å². The Morgan fingerprint density at radius 2 is 1.85 bits per heavy atom. The molecule has 0 spiro atoms. The van der Waals surface area contributed by atoms with E-state index in [0.29, 0.717) is 45.0 Å². The van der Waals surface area contributed by atoms with Gasteiger partial charge < -0.3 is 29.4 Å². The molecular weight excluding hydrogens is 352 g/mol. The number of carbonyl (C=O) groups excluding carboxylic acids is 2. The number of hydrogen-bond acceptors (Lipinski definition) is 6. The SMILES string of the molecule is COCCCNC(=O)c1coc(CN(CCCOC)C(=O)NC(C)(C)C)n1. The Morgan fingerprint density at radius 1 is 1.19 bits per heavy atom. The highest BCUT2D eigenvalue weighted by Crippen LogP contribution is 2.09. The number of urea groups is 1. The fraction of sp³-hybridized carbons (Fsp3) is 0.722. The van der Waals surface area contributed by atoms with E-state index >= 15 is 0 Å². The lowest BCUT2D eigenvalue weighted by Crippen LogP contribution is -2.48. The fourth-order valence-corrected chi connectivity index (χ4v) is 2.21. The molecule has 0 aromatic carbocycles. The van der Waals surface area contributed by atoms with Crippen LogP contribution in [0.1, 0.15) is 50.0 Å². The number of nitrogens with one attached hydrogen (secondary N) is 2. The average Bonchev–Trinajstić information content (AvgIpc) is 3.05. The Hall–Kier alpha value is -2.13. The predicted molar refractivity (Wildman–Crippen MR) is 101 cm³/mol. The van der Waals surface area contributed by atoms with E-state index in [2.05, 4.69) is 15.6 Å². The lowest BCUT2D eigenvalue weighted by atomic mass is 10.1. The van der Waals surface area contributed by atoms with Crippen LogP contribution in [0, 0.1) is 0 Å². The highest BCUT2D eigenvalue weighted by Gasteiger charge is 2.22. The van der Waals surface area contributed by atoms with Crippen LogP contribution < -0.4 is 10.6 Å². The quantitative estimate of drug-likeness (QED) is 0.564. The maximum absolute atomic E-state index is 12.5. The van der Waals surface area contributed by atoms with Gasteiger partial charge in [-0.05, 0) is 33.6 Å². The Kier molecular flexibility index (Phi) is 9.81. The number of rotatable bonds is 11. The third-order valence-electron chi connectivity index (χ3n) is 3.47. The minimum absolute atomic E-state index is 0.169. The highest BCUT2D eigenvalue weighted by atomic mass is 16.5. The molecule has 0 aliphatic rings. The van der Waals surface area contributed by atoms with Crippen molar-refractivity contribution in [3.8, 4) is 0 Å². The van der Waals surface area contributed by atoms with Crippen molar-refractivity contribution in [3.05, 3.63) is 17.8 Å². The van der Waals surface area contributed by atoms with Crippen molar-refractivity contribution in [3.63, 3.8) is 0 Å². The molecule has 1 aromatic rings. The molecule has 154 valence electrons. The van der Waals surface area contributed by atoms with E-state index in [1.54, 1.807) is 19.1 Å². The topological polar surface area (TPSA) is 106 Å². The summed E-state index contributed by atoms with van der Waals surface area (Å²) in [6, 6.07) is -0.220. The van der Waals surface area contributed by atoms with Gasteiger partial charge in [0.15, 0.2) is 5.69 Å². The van der Waals surface area contributed by atoms with Crippen LogP contribution in [0.4, 0.5) is 4.79 Å². The van der Waals surface area contributed by atoms with Gasteiger partial charge in [-0.2, -0.15) is 0 Å². The first-order valence-corrected chi connectivity index (χ1v) is 9.04. The van der Waals surface area contributed by atoms with Crippen LogP contribution in [0.15, 0.2) is 10.7 Å². The van der Waals surface area contributed by atoms with Crippen molar-refractivity contribution in [2.75, 3.05) is 40.5 Å². The number of hydrogen-bond donors (Lipinski definition) is 2. The average molecular weight is 384 g/mol. The second-order valence-corrected chi connectivity index (χ2v) is 7.18. The van der Waals surface area contributed by atoms with Crippen molar-refractivity contribution in [2.24, 2.45) is 0 Å². The molecule has 0 unspecified atom stereocenters. The molecule has 0 radical (unpaired) electrons. The molecule has 1 aromatic heterocycles. The van der Waals surface area contributed by atoms with Crippen LogP contribution >= 0.6 is 0 Å². The third-order valence-corrected chi connectivity index (χ3v) is 3.47. The largest absolute Gasteiger partial charge is 0.446 e. The molecule has 0 aliphatic heterocycles. The Bertz CT molecular complexity index is 583. The van der Waals surface area contributed by atoms with Gasteiger partial charge in [0.1, 0.15) is 6.26 Å². The van der Waals surface area contributed by atoms with Crippen LogP contribution in [0.25, 0.3) is 0 Å². The molecule has 0 bridgehead atoms. The molecular formula is C18H32N4O5. The molecule has 0 saturated heterocycles. The van der Waals surface area contributed by atoms with Crippen LogP contribution in [-0.2, 0) is 16.0 Å². The zero-order valence-electron chi connectivity index (χ0n) is 17.0. The fourth-order valence-electron chi connectivity index (χ4n) is 2.21. The number of ether oxygens (including phenoxy) is 2. The molecule has 3 amide bonds. The van der Waals surface area contributed by atoms with Crippen LogP contribution in [-0.4, -0.2) is 67.9 Å². The van der Waals surface area contributed by atoms with Crippen molar-refractivity contribution >= 4 is 11.9 Å². The molecule has 2 N–H and O–H groups in total. The number of nitrogens with zero attached hydrogens (tertiary/aromatic N) is 2. The summed E-state index contributed by atoms with van der Waals surface area (Å²) in [5.41, 5.74) is -0.170. The van der Waals surface area contributed by atoms with Gasteiger partial charge in [-0.25, -0.2) is 9.78 Å². The first kappa shape index (κ1) is 22.9. The zero-order valence-corrected chi connectivity index (χ0v) is 17.0. The maximum Gasteiger partial charge on any atom is 0.318 e. The summed E-state index contributed by atoms with van der Waals surface area (Å²) < 4.78 is 15.4. The van der Waals surface area contributed by atoms with E-state index < -0.39 is 0 Å². The Morgan fingerprint density at radius 3 is 2.48 bits per heavy atom. The monoisotopic (exact) mass is 384 g/mol.